The number of benzene rings is 1. The number of ether oxygens (including phenoxy) is 1. The minimum Gasteiger partial charge on any atom is -0.467 e. The summed E-state index contributed by atoms with van der Waals surface area (Å²) in [6, 6.07) is 13.9. The lowest BCUT2D eigenvalue weighted by molar-refractivity contribution is 0.0235. The Morgan fingerprint density at radius 3 is 2.50 bits per heavy atom. The van der Waals surface area contributed by atoms with E-state index in [1.807, 2.05) is 42.5 Å². The highest BCUT2D eigenvalue weighted by Crippen LogP contribution is 2.21. The second kappa shape index (κ2) is 6.42. The van der Waals surface area contributed by atoms with Gasteiger partial charge in [-0.3, -0.25) is 4.90 Å². The Hall–Kier alpha value is -2.02. The highest BCUT2D eigenvalue weighted by molar-refractivity contribution is 5.36. The number of hydrogen-bond donors (Lipinski definition) is 0. The summed E-state index contributed by atoms with van der Waals surface area (Å²) in [5, 5.41) is 0. The molecule has 1 saturated heterocycles. The van der Waals surface area contributed by atoms with Crippen molar-refractivity contribution in [3.05, 3.63) is 60.1 Å². The van der Waals surface area contributed by atoms with E-state index in [1.165, 1.54) is 0 Å². The molecule has 1 unspecified atom stereocenters. The number of rotatable bonds is 2. The molecule has 0 aliphatic carbocycles. The standard InChI is InChI=1S/C17H17NO2/c1-2-5-15(6-3-1)8-9-16(17-7-4-12-20-17)18-10-13-19-14-11-18/h1-7,12,16H,10-11,13-14H2. The van der Waals surface area contributed by atoms with E-state index in [9.17, 15) is 0 Å². The molecule has 1 aromatic carbocycles. The van der Waals surface area contributed by atoms with E-state index in [1.54, 1.807) is 6.26 Å². The highest BCUT2D eigenvalue weighted by atomic mass is 16.5. The monoisotopic (exact) mass is 267 g/mol. The smallest absolute Gasteiger partial charge is 0.133 e. The summed E-state index contributed by atoms with van der Waals surface area (Å²) in [6.45, 7) is 3.28. The molecule has 3 rings (SSSR count). The van der Waals surface area contributed by atoms with Crippen molar-refractivity contribution >= 4 is 0 Å². The van der Waals surface area contributed by atoms with Gasteiger partial charge in [0.15, 0.2) is 0 Å². The summed E-state index contributed by atoms with van der Waals surface area (Å²) in [5.74, 6) is 7.47. The van der Waals surface area contributed by atoms with Gasteiger partial charge in [-0.2, -0.15) is 0 Å². The molecular weight excluding hydrogens is 250 g/mol. The van der Waals surface area contributed by atoms with E-state index in [0.29, 0.717) is 0 Å². The van der Waals surface area contributed by atoms with Crippen molar-refractivity contribution in [3.8, 4) is 11.8 Å². The van der Waals surface area contributed by atoms with Gasteiger partial charge in [-0.15, -0.1) is 0 Å². The Bertz CT molecular complexity index is 574. The lowest BCUT2D eigenvalue weighted by Gasteiger charge is -2.30. The molecule has 0 saturated carbocycles. The maximum Gasteiger partial charge on any atom is 0.133 e. The Morgan fingerprint density at radius 2 is 1.80 bits per heavy atom. The molecule has 3 nitrogen and oxygen atoms in total. The van der Waals surface area contributed by atoms with Gasteiger partial charge in [0.1, 0.15) is 11.8 Å². The van der Waals surface area contributed by atoms with Crippen molar-refractivity contribution in [1.29, 1.82) is 0 Å². The molecule has 1 aliphatic heterocycles. The Balaban J connectivity index is 1.84. The van der Waals surface area contributed by atoms with Crippen molar-refractivity contribution in [2.75, 3.05) is 26.3 Å². The van der Waals surface area contributed by atoms with E-state index >= 15 is 0 Å². The SMILES string of the molecule is C(#CC(c1ccco1)N1CCOCC1)c1ccccc1. The van der Waals surface area contributed by atoms with E-state index in [4.69, 9.17) is 9.15 Å². The van der Waals surface area contributed by atoms with Crippen LogP contribution in [-0.2, 0) is 4.74 Å². The largest absolute Gasteiger partial charge is 0.467 e. The highest BCUT2D eigenvalue weighted by Gasteiger charge is 2.22. The van der Waals surface area contributed by atoms with Gasteiger partial charge in [-0.25, -0.2) is 0 Å². The molecule has 0 radical (unpaired) electrons. The van der Waals surface area contributed by atoms with Gasteiger partial charge in [-0.05, 0) is 24.3 Å². The average Bonchev–Trinajstić information content (AvgIpc) is 3.04. The third-order valence-corrected chi connectivity index (χ3v) is 3.35. The van der Waals surface area contributed by atoms with Gasteiger partial charge in [0.2, 0.25) is 0 Å². The van der Waals surface area contributed by atoms with Crippen LogP contribution in [0.15, 0.2) is 53.1 Å². The van der Waals surface area contributed by atoms with Crippen molar-refractivity contribution in [2.24, 2.45) is 0 Å². The van der Waals surface area contributed by atoms with Gasteiger partial charge >= 0.3 is 0 Å². The van der Waals surface area contributed by atoms with E-state index in [-0.39, 0.29) is 6.04 Å². The summed E-state index contributed by atoms with van der Waals surface area (Å²) in [6.07, 6.45) is 1.70. The molecule has 0 amide bonds. The topological polar surface area (TPSA) is 25.6 Å². The van der Waals surface area contributed by atoms with Crippen LogP contribution in [0.4, 0.5) is 0 Å². The third-order valence-electron chi connectivity index (χ3n) is 3.35. The van der Waals surface area contributed by atoms with E-state index in [2.05, 4.69) is 16.7 Å². The molecule has 102 valence electrons. The summed E-state index contributed by atoms with van der Waals surface area (Å²) in [7, 11) is 0. The molecule has 0 spiro atoms. The zero-order chi connectivity index (χ0) is 13.6. The Kier molecular flexibility index (Phi) is 4.17. The van der Waals surface area contributed by atoms with Crippen molar-refractivity contribution in [3.63, 3.8) is 0 Å². The van der Waals surface area contributed by atoms with E-state index < -0.39 is 0 Å². The van der Waals surface area contributed by atoms with Crippen LogP contribution in [0.2, 0.25) is 0 Å². The zero-order valence-corrected chi connectivity index (χ0v) is 11.3. The molecule has 0 bridgehead atoms. The van der Waals surface area contributed by atoms with Gasteiger partial charge in [0, 0.05) is 18.7 Å². The normalized spacial score (nSPS) is 17.2. The van der Waals surface area contributed by atoms with Crippen LogP contribution in [0.3, 0.4) is 0 Å². The maximum absolute atomic E-state index is 5.55. The predicted molar refractivity (Wildman–Crippen MR) is 77.2 cm³/mol. The fraction of sp³-hybridized carbons (Fsp3) is 0.294. The first-order chi connectivity index (χ1) is 9.93. The summed E-state index contributed by atoms with van der Waals surface area (Å²) in [5.41, 5.74) is 1.03. The van der Waals surface area contributed by atoms with Crippen molar-refractivity contribution < 1.29 is 9.15 Å². The first-order valence-corrected chi connectivity index (χ1v) is 6.85. The molecule has 3 heteroatoms. The molecule has 20 heavy (non-hydrogen) atoms. The predicted octanol–water partition coefficient (Wildman–Crippen LogP) is 2.70. The van der Waals surface area contributed by atoms with E-state index in [0.717, 1.165) is 37.6 Å². The first kappa shape index (κ1) is 13.0. The fourth-order valence-electron chi connectivity index (χ4n) is 2.30. The van der Waals surface area contributed by atoms with Crippen LogP contribution in [0.5, 0.6) is 0 Å². The van der Waals surface area contributed by atoms with Crippen LogP contribution >= 0.6 is 0 Å². The van der Waals surface area contributed by atoms with Gasteiger partial charge in [0.25, 0.3) is 0 Å². The molecule has 1 fully saturated rings. The number of furan rings is 1. The van der Waals surface area contributed by atoms with Gasteiger partial charge in [0.05, 0.1) is 19.5 Å². The Morgan fingerprint density at radius 1 is 1.00 bits per heavy atom. The quantitative estimate of drug-likeness (QED) is 0.782. The zero-order valence-electron chi connectivity index (χ0n) is 11.3. The maximum atomic E-state index is 5.55. The summed E-state index contributed by atoms with van der Waals surface area (Å²) >= 11 is 0. The molecular formula is C17H17NO2. The molecule has 1 aliphatic rings. The van der Waals surface area contributed by atoms with Gasteiger partial charge < -0.3 is 9.15 Å². The lowest BCUT2D eigenvalue weighted by Crippen LogP contribution is -2.38. The van der Waals surface area contributed by atoms with Crippen molar-refractivity contribution in [1.82, 2.24) is 4.90 Å². The minimum atomic E-state index is -0.00546. The van der Waals surface area contributed by atoms with Crippen LogP contribution < -0.4 is 0 Å². The molecule has 0 N–H and O–H groups in total. The first-order valence-electron chi connectivity index (χ1n) is 6.85. The third kappa shape index (κ3) is 3.11. The van der Waals surface area contributed by atoms with Gasteiger partial charge in [-0.1, -0.05) is 30.0 Å². The number of hydrogen-bond acceptors (Lipinski definition) is 3. The number of morpholine rings is 1. The molecule has 2 heterocycles. The molecule has 1 aromatic heterocycles. The van der Waals surface area contributed by atoms with Crippen LogP contribution in [0, 0.1) is 11.8 Å². The van der Waals surface area contributed by atoms with Crippen LogP contribution in [0.1, 0.15) is 17.4 Å². The summed E-state index contributed by atoms with van der Waals surface area (Å²) in [4.78, 5) is 2.30. The van der Waals surface area contributed by atoms with Crippen molar-refractivity contribution in [2.45, 2.75) is 6.04 Å². The summed E-state index contributed by atoms with van der Waals surface area (Å²) < 4.78 is 11.0. The fourth-order valence-corrected chi connectivity index (χ4v) is 2.30. The molecule has 1 atom stereocenters. The Labute approximate surface area is 119 Å². The molecule has 2 aromatic rings. The lowest BCUT2D eigenvalue weighted by atomic mass is 10.1. The second-order valence-corrected chi connectivity index (χ2v) is 4.70. The second-order valence-electron chi connectivity index (χ2n) is 4.70. The van der Waals surface area contributed by atoms with Crippen LogP contribution in [-0.4, -0.2) is 31.2 Å². The number of nitrogens with zero attached hydrogens (tertiary/aromatic N) is 1. The van der Waals surface area contributed by atoms with Crippen LogP contribution in [0.25, 0.3) is 0 Å². The minimum absolute atomic E-state index is 0.00546. The average molecular weight is 267 g/mol.